The molecule has 0 saturated heterocycles. The summed E-state index contributed by atoms with van der Waals surface area (Å²) >= 11 is 0. The van der Waals surface area contributed by atoms with E-state index >= 15 is 0 Å². The van der Waals surface area contributed by atoms with Crippen molar-refractivity contribution in [2.24, 2.45) is 5.10 Å². The number of fused-ring (bicyclic) bond motifs is 1. The fourth-order valence-electron chi connectivity index (χ4n) is 3.65. The molecule has 1 aromatic heterocycles. The van der Waals surface area contributed by atoms with Crippen molar-refractivity contribution >= 4 is 22.2 Å². The van der Waals surface area contributed by atoms with Gasteiger partial charge in [-0.1, -0.05) is 49.0 Å². The summed E-state index contributed by atoms with van der Waals surface area (Å²) in [5.74, 6) is 0.440. The normalized spacial score (nSPS) is 13.5. The van der Waals surface area contributed by atoms with Gasteiger partial charge in [0.1, 0.15) is 11.5 Å². The number of rotatable bonds is 5. The van der Waals surface area contributed by atoms with E-state index in [1.807, 2.05) is 53.4 Å². The molecular weight excluding hydrogens is 391 g/mol. The summed E-state index contributed by atoms with van der Waals surface area (Å²) in [6.45, 7) is 3.28. The van der Waals surface area contributed by atoms with Gasteiger partial charge in [0.25, 0.3) is 0 Å². The van der Waals surface area contributed by atoms with Crippen LogP contribution in [0.1, 0.15) is 5.69 Å². The highest BCUT2D eigenvalue weighted by Gasteiger charge is 2.19. The second-order valence-corrected chi connectivity index (χ2v) is 7.01. The van der Waals surface area contributed by atoms with Crippen molar-refractivity contribution in [3.63, 3.8) is 0 Å². The first kappa shape index (κ1) is 18.8. The second-order valence-electron chi connectivity index (χ2n) is 7.01. The Labute approximate surface area is 179 Å². The third-order valence-corrected chi connectivity index (χ3v) is 5.11. The Hall–Kier alpha value is -4.19. The topological polar surface area (TPSA) is 42.6 Å². The first-order valence-corrected chi connectivity index (χ1v) is 9.81. The zero-order chi connectivity index (χ0) is 21.2. The summed E-state index contributed by atoms with van der Waals surface area (Å²) in [5.41, 5.74) is 4.02. The zero-order valence-electron chi connectivity index (χ0n) is 16.6. The van der Waals surface area contributed by atoms with Gasteiger partial charge in [-0.2, -0.15) is 10.2 Å². The van der Waals surface area contributed by atoms with Crippen LogP contribution in [0, 0.1) is 0 Å². The Morgan fingerprint density at radius 1 is 0.968 bits per heavy atom. The van der Waals surface area contributed by atoms with E-state index in [0.29, 0.717) is 11.5 Å². The molecule has 5 nitrogen and oxygen atoms in total. The van der Waals surface area contributed by atoms with Crippen molar-refractivity contribution in [1.29, 1.82) is 0 Å². The van der Waals surface area contributed by atoms with Crippen molar-refractivity contribution in [2.45, 2.75) is 0 Å². The molecule has 0 spiro atoms. The van der Waals surface area contributed by atoms with Gasteiger partial charge in [0.15, 0.2) is 0 Å². The molecule has 152 valence electrons. The number of alkyl halides is 1. The predicted octanol–water partition coefficient (Wildman–Crippen LogP) is 5.63. The molecule has 1 aliphatic heterocycles. The maximum atomic E-state index is 12.6. The molecule has 0 amide bonds. The van der Waals surface area contributed by atoms with Gasteiger partial charge in [-0.15, -0.1) is 0 Å². The van der Waals surface area contributed by atoms with E-state index in [2.05, 4.69) is 29.9 Å². The average molecular weight is 410 g/mol. The molecule has 3 aromatic carbocycles. The monoisotopic (exact) mass is 410 g/mol. The maximum absolute atomic E-state index is 12.6. The number of allylic oxidation sites excluding steroid dienone is 2. The molecule has 0 saturated carbocycles. The molecule has 0 aliphatic carbocycles. The molecular formula is C25H19FN4O. The predicted molar refractivity (Wildman–Crippen MR) is 121 cm³/mol. The molecule has 6 heteroatoms. The molecule has 5 rings (SSSR count). The summed E-state index contributed by atoms with van der Waals surface area (Å²) < 4.78 is 19.4. The molecule has 0 radical (unpaired) electrons. The third-order valence-electron chi connectivity index (χ3n) is 5.11. The van der Waals surface area contributed by atoms with Crippen LogP contribution in [-0.4, -0.2) is 22.4 Å². The lowest BCUT2D eigenvalue weighted by atomic mass is 10.1. The fraction of sp³-hybridized carbons (Fsp3) is 0.0400. The van der Waals surface area contributed by atoms with Crippen LogP contribution in [0.5, 0.6) is 5.75 Å². The van der Waals surface area contributed by atoms with Gasteiger partial charge in [-0.25, -0.2) is 14.1 Å². The molecule has 0 unspecified atom stereocenters. The number of hydrazone groups is 1. The number of aromatic nitrogens is 2. The third kappa shape index (κ3) is 3.48. The van der Waals surface area contributed by atoms with Crippen molar-refractivity contribution in [1.82, 2.24) is 9.78 Å². The van der Waals surface area contributed by atoms with Crippen LogP contribution in [0.4, 0.5) is 10.1 Å². The molecule has 0 atom stereocenters. The first-order chi connectivity index (χ1) is 15.2. The highest BCUT2D eigenvalue weighted by atomic mass is 19.1. The van der Waals surface area contributed by atoms with Crippen molar-refractivity contribution < 1.29 is 9.13 Å². The van der Waals surface area contributed by atoms with E-state index in [1.165, 1.54) is 0 Å². The lowest BCUT2D eigenvalue weighted by Gasteiger charge is -2.22. The van der Waals surface area contributed by atoms with Gasteiger partial charge in [0.05, 0.1) is 23.3 Å². The Bertz CT molecular complexity index is 1330. The summed E-state index contributed by atoms with van der Waals surface area (Å²) in [4.78, 5) is 0. The number of hydrogen-bond donors (Lipinski definition) is 0. The molecule has 2 heterocycles. The van der Waals surface area contributed by atoms with Gasteiger partial charge in [-0.05, 0) is 41.3 Å². The lowest BCUT2D eigenvalue weighted by Crippen LogP contribution is -2.21. The maximum Gasteiger partial charge on any atom is 0.228 e. The van der Waals surface area contributed by atoms with Gasteiger partial charge in [0.2, 0.25) is 6.86 Å². The standard InChI is InChI=1S/C25H19FN4O/c1-18-13-15-29(20-8-5-9-21(16-20)31-17-26)28-25(18)24-12-14-27-30(24)23-11-4-7-19-6-2-3-10-22(19)23/h2-16H,1,17H2. The van der Waals surface area contributed by atoms with Crippen LogP contribution < -0.4 is 9.75 Å². The van der Waals surface area contributed by atoms with E-state index in [9.17, 15) is 4.39 Å². The summed E-state index contributed by atoms with van der Waals surface area (Å²) in [7, 11) is 0. The van der Waals surface area contributed by atoms with E-state index in [-0.39, 0.29) is 0 Å². The van der Waals surface area contributed by atoms with E-state index in [1.54, 1.807) is 29.4 Å². The number of halogens is 1. The van der Waals surface area contributed by atoms with Gasteiger partial charge >= 0.3 is 0 Å². The number of hydrogen-bond acceptors (Lipinski definition) is 4. The van der Waals surface area contributed by atoms with Crippen LogP contribution in [0.2, 0.25) is 0 Å². The molecule has 0 N–H and O–H groups in total. The smallest absolute Gasteiger partial charge is 0.228 e. The summed E-state index contributed by atoms with van der Waals surface area (Å²) in [6.07, 6.45) is 5.47. The molecule has 4 aromatic rings. The number of anilines is 1. The number of nitrogens with zero attached hydrogens (tertiary/aromatic N) is 4. The van der Waals surface area contributed by atoms with E-state index < -0.39 is 6.86 Å². The van der Waals surface area contributed by atoms with Crippen molar-refractivity contribution in [3.8, 4) is 11.4 Å². The summed E-state index contributed by atoms with van der Waals surface area (Å²) in [5, 5.41) is 13.3. The van der Waals surface area contributed by atoms with Crippen molar-refractivity contribution in [3.05, 3.63) is 109 Å². The fourth-order valence-corrected chi connectivity index (χ4v) is 3.65. The Balaban J connectivity index is 1.59. The van der Waals surface area contributed by atoms with Crippen LogP contribution >= 0.6 is 0 Å². The van der Waals surface area contributed by atoms with Crippen LogP contribution in [0.15, 0.2) is 109 Å². The molecule has 0 fully saturated rings. The van der Waals surface area contributed by atoms with Crippen LogP contribution in [0.3, 0.4) is 0 Å². The molecule has 0 bridgehead atoms. The van der Waals surface area contributed by atoms with Gasteiger partial charge in [0, 0.05) is 17.7 Å². The zero-order valence-corrected chi connectivity index (χ0v) is 16.6. The Morgan fingerprint density at radius 3 is 2.71 bits per heavy atom. The van der Waals surface area contributed by atoms with E-state index in [4.69, 9.17) is 9.84 Å². The quantitative estimate of drug-likeness (QED) is 0.429. The highest BCUT2D eigenvalue weighted by Crippen LogP contribution is 2.28. The lowest BCUT2D eigenvalue weighted by molar-refractivity contribution is 0.192. The first-order valence-electron chi connectivity index (χ1n) is 9.81. The van der Waals surface area contributed by atoms with Gasteiger partial charge in [-0.3, -0.25) is 0 Å². The average Bonchev–Trinajstić information content (AvgIpc) is 3.29. The minimum Gasteiger partial charge on any atom is -0.463 e. The van der Waals surface area contributed by atoms with Crippen LogP contribution in [0.25, 0.3) is 16.5 Å². The van der Waals surface area contributed by atoms with Gasteiger partial charge < -0.3 is 4.74 Å². The minimum absolute atomic E-state index is 0.440. The van der Waals surface area contributed by atoms with E-state index in [0.717, 1.165) is 33.4 Å². The Morgan fingerprint density at radius 2 is 1.81 bits per heavy atom. The number of benzene rings is 3. The largest absolute Gasteiger partial charge is 0.463 e. The van der Waals surface area contributed by atoms with Crippen molar-refractivity contribution in [2.75, 3.05) is 11.9 Å². The highest BCUT2D eigenvalue weighted by molar-refractivity contribution is 6.14. The molecule has 31 heavy (non-hydrogen) atoms. The minimum atomic E-state index is -0.880. The number of ether oxygens (including phenoxy) is 1. The molecule has 1 aliphatic rings. The summed E-state index contributed by atoms with van der Waals surface area (Å²) in [6, 6.07) is 23.4. The van der Waals surface area contributed by atoms with Crippen LogP contribution in [-0.2, 0) is 0 Å². The Kier molecular flexibility index (Phi) is 4.80. The SMILES string of the molecule is C=C1C=CN(c2cccc(OCF)c2)N=C1c1ccnn1-c1cccc2ccccc12. The second kappa shape index (κ2) is 7.91.